The van der Waals surface area contributed by atoms with Crippen molar-refractivity contribution >= 4 is 23.2 Å². The molecule has 0 saturated carbocycles. The number of hydrogen-bond donors (Lipinski definition) is 3. The number of piperazine rings is 1. The first-order chi connectivity index (χ1) is 20.2. The lowest BCUT2D eigenvalue weighted by molar-refractivity contribution is -0.138. The minimum Gasteiger partial charge on any atom is -0.382 e. The van der Waals surface area contributed by atoms with Gasteiger partial charge in [0.05, 0.1) is 22.5 Å². The molecule has 2 aliphatic heterocycles. The van der Waals surface area contributed by atoms with Gasteiger partial charge in [-0.2, -0.15) is 13.2 Å². The number of halogens is 4. The number of anilines is 3. The normalized spacial score (nSPS) is 18.7. The molecule has 43 heavy (non-hydrogen) atoms. The number of pyridine rings is 1. The van der Waals surface area contributed by atoms with E-state index >= 15 is 4.39 Å². The number of rotatable bonds is 5. The van der Waals surface area contributed by atoms with Crippen LogP contribution in [0.4, 0.5) is 34.9 Å². The van der Waals surface area contributed by atoms with Gasteiger partial charge >= 0.3 is 6.18 Å². The van der Waals surface area contributed by atoms with Crippen LogP contribution >= 0.6 is 0 Å². The van der Waals surface area contributed by atoms with Crippen LogP contribution in [0, 0.1) is 5.82 Å². The largest absolute Gasteiger partial charge is 0.417 e. The zero-order valence-corrected chi connectivity index (χ0v) is 23.5. The van der Waals surface area contributed by atoms with E-state index in [2.05, 4.69) is 25.2 Å². The third-order valence-electron chi connectivity index (χ3n) is 7.43. The fraction of sp³-hybridized carbons (Fsp3) is 0.310. The van der Waals surface area contributed by atoms with Gasteiger partial charge in [-0.15, -0.1) is 0 Å². The molecule has 0 spiro atoms. The van der Waals surface area contributed by atoms with Crippen LogP contribution in [0.1, 0.15) is 29.8 Å². The van der Waals surface area contributed by atoms with Crippen molar-refractivity contribution in [1.29, 1.82) is 0 Å². The van der Waals surface area contributed by atoms with Gasteiger partial charge in [0.15, 0.2) is 0 Å². The van der Waals surface area contributed by atoms with Crippen LogP contribution < -0.4 is 20.7 Å². The van der Waals surface area contributed by atoms with E-state index in [0.29, 0.717) is 37.6 Å². The number of hydrogen-bond acceptors (Lipinski definition) is 8. The predicted octanol–water partition coefficient (Wildman–Crippen LogP) is 3.98. The molecule has 226 valence electrons. The third kappa shape index (κ3) is 6.44. The SMILES string of the molecule is C[C@@H]1CN(c2cc(F)c(-c3cnc(N4C=CC(C)(O)C=C4)nc3)cc2NC(=O)c2c[nH]c(=O)cc2C(F)(F)F)CCN1C. The van der Waals surface area contributed by atoms with E-state index in [-0.39, 0.29) is 28.8 Å². The molecule has 1 atom stereocenters. The van der Waals surface area contributed by atoms with Crippen molar-refractivity contribution in [3.8, 4) is 11.1 Å². The Morgan fingerprint density at radius 2 is 1.81 bits per heavy atom. The summed E-state index contributed by atoms with van der Waals surface area (Å²) >= 11 is 0. The van der Waals surface area contributed by atoms with Gasteiger partial charge < -0.3 is 25.2 Å². The minimum atomic E-state index is -4.96. The molecule has 3 aromatic rings. The number of nitrogens with zero attached hydrogens (tertiary/aromatic N) is 5. The summed E-state index contributed by atoms with van der Waals surface area (Å²) in [7, 11) is 1.95. The molecule has 3 N–H and O–H groups in total. The Bertz CT molecular complexity index is 1640. The zero-order chi connectivity index (χ0) is 31.1. The number of aliphatic hydroxyl groups is 1. The maximum Gasteiger partial charge on any atom is 0.417 e. The summed E-state index contributed by atoms with van der Waals surface area (Å²) in [5.41, 5.74) is -3.66. The molecule has 5 rings (SSSR count). The second kappa shape index (κ2) is 11.3. The Morgan fingerprint density at radius 1 is 1.14 bits per heavy atom. The smallest absolute Gasteiger partial charge is 0.382 e. The summed E-state index contributed by atoms with van der Waals surface area (Å²) in [6, 6.07) is 2.97. The predicted molar refractivity (Wildman–Crippen MR) is 153 cm³/mol. The van der Waals surface area contributed by atoms with Gasteiger partial charge in [0.25, 0.3) is 5.91 Å². The molecule has 10 nitrogen and oxygen atoms in total. The Labute approximate surface area is 244 Å². The molecule has 4 heterocycles. The molecule has 0 aliphatic carbocycles. The van der Waals surface area contributed by atoms with Gasteiger partial charge in [0, 0.05) is 73.9 Å². The van der Waals surface area contributed by atoms with E-state index in [9.17, 15) is 27.9 Å². The molecule has 0 radical (unpaired) electrons. The van der Waals surface area contributed by atoms with Crippen molar-refractivity contribution in [1.82, 2.24) is 19.9 Å². The number of amides is 1. The van der Waals surface area contributed by atoms with Crippen molar-refractivity contribution < 1.29 is 27.5 Å². The van der Waals surface area contributed by atoms with Crippen LogP contribution in [0.15, 0.2) is 66.1 Å². The number of aromatic amines is 1. The summed E-state index contributed by atoms with van der Waals surface area (Å²) in [4.78, 5) is 41.0. The standard InChI is InChI=1S/C29H29F4N7O3/c1-17-16-40(9-8-38(17)3)24-12-22(30)19(18-13-35-27(36-14-18)39-6-4-28(2,43)5-7-39)10-23(24)37-26(42)20-15-34-25(41)11-21(20)29(31,32)33/h4-7,10-15,17,43H,8-9,16H2,1-3H3,(H,34,41)(H,37,42)/t17-/m1/s1. The first-order valence-electron chi connectivity index (χ1n) is 13.3. The van der Waals surface area contributed by atoms with E-state index in [1.165, 1.54) is 24.5 Å². The van der Waals surface area contributed by atoms with Crippen LogP contribution in [0.5, 0.6) is 0 Å². The van der Waals surface area contributed by atoms with Crippen LogP contribution in [-0.2, 0) is 6.18 Å². The Morgan fingerprint density at radius 3 is 2.44 bits per heavy atom. The molecule has 0 unspecified atom stereocenters. The topological polar surface area (TPSA) is 118 Å². The number of benzene rings is 1. The monoisotopic (exact) mass is 599 g/mol. The molecule has 2 aliphatic rings. The Balaban J connectivity index is 1.53. The molecule has 1 aromatic carbocycles. The number of carbonyl (C=O) groups is 1. The van der Waals surface area contributed by atoms with Crippen molar-refractivity contribution in [2.75, 3.05) is 41.8 Å². The second-order valence-corrected chi connectivity index (χ2v) is 10.7. The van der Waals surface area contributed by atoms with E-state index < -0.39 is 40.2 Å². The van der Waals surface area contributed by atoms with Gasteiger partial charge in [0.2, 0.25) is 11.5 Å². The molecule has 0 bridgehead atoms. The number of carbonyl (C=O) groups excluding carboxylic acids is 1. The van der Waals surface area contributed by atoms with Crippen molar-refractivity contribution in [3.05, 3.63) is 88.6 Å². The lowest BCUT2D eigenvalue weighted by Crippen LogP contribution is -2.50. The molecule has 1 fully saturated rings. The highest BCUT2D eigenvalue weighted by molar-refractivity contribution is 6.07. The van der Waals surface area contributed by atoms with E-state index in [4.69, 9.17) is 0 Å². The van der Waals surface area contributed by atoms with Crippen LogP contribution in [0.3, 0.4) is 0 Å². The molecular weight excluding hydrogens is 570 g/mol. The summed E-state index contributed by atoms with van der Waals surface area (Å²) < 4.78 is 56.7. The minimum absolute atomic E-state index is 0.0120. The van der Waals surface area contributed by atoms with E-state index in [1.807, 2.05) is 18.9 Å². The van der Waals surface area contributed by atoms with Crippen LogP contribution in [0.2, 0.25) is 0 Å². The first-order valence-corrected chi connectivity index (χ1v) is 13.3. The Hall–Kier alpha value is -4.56. The number of likely N-dealkylation sites (N-methyl/N-ethyl adjacent to an activating group) is 1. The average molecular weight is 600 g/mol. The van der Waals surface area contributed by atoms with Gasteiger partial charge in [-0.05, 0) is 45.2 Å². The summed E-state index contributed by atoms with van der Waals surface area (Å²) in [5.74, 6) is -1.53. The molecule has 2 aromatic heterocycles. The van der Waals surface area contributed by atoms with Crippen LogP contribution in [-0.4, -0.2) is 69.2 Å². The maximum atomic E-state index is 15.7. The molecule has 1 saturated heterocycles. The van der Waals surface area contributed by atoms with Crippen molar-refractivity contribution in [2.45, 2.75) is 31.7 Å². The van der Waals surface area contributed by atoms with Gasteiger partial charge in [-0.25, -0.2) is 14.4 Å². The Kier molecular flexibility index (Phi) is 7.84. The highest BCUT2D eigenvalue weighted by Crippen LogP contribution is 2.37. The van der Waals surface area contributed by atoms with Crippen molar-refractivity contribution in [2.24, 2.45) is 0 Å². The average Bonchev–Trinajstić information content (AvgIpc) is 2.95. The highest BCUT2D eigenvalue weighted by atomic mass is 19.4. The summed E-state index contributed by atoms with van der Waals surface area (Å²) in [6.45, 7) is 5.19. The lowest BCUT2D eigenvalue weighted by Gasteiger charge is -2.39. The summed E-state index contributed by atoms with van der Waals surface area (Å²) in [6.07, 6.45) is 4.76. The molecular formula is C29H29F4N7O3. The van der Waals surface area contributed by atoms with E-state index in [0.717, 1.165) is 0 Å². The summed E-state index contributed by atoms with van der Waals surface area (Å²) in [5, 5.41) is 12.6. The van der Waals surface area contributed by atoms with Gasteiger partial charge in [0.1, 0.15) is 11.4 Å². The maximum absolute atomic E-state index is 15.7. The van der Waals surface area contributed by atoms with Crippen LogP contribution in [0.25, 0.3) is 11.1 Å². The fourth-order valence-corrected chi connectivity index (χ4v) is 4.79. The third-order valence-corrected chi connectivity index (χ3v) is 7.43. The first kappa shape index (κ1) is 29.9. The van der Waals surface area contributed by atoms with E-state index in [1.54, 1.807) is 36.4 Å². The van der Waals surface area contributed by atoms with Gasteiger partial charge in [-0.3, -0.25) is 14.5 Å². The highest BCUT2D eigenvalue weighted by Gasteiger charge is 2.36. The van der Waals surface area contributed by atoms with Crippen molar-refractivity contribution in [3.63, 3.8) is 0 Å². The van der Waals surface area contributed by atoms with Gasteiger partial charge in [-0.1, -0.05) is 0 Å². The number of H-pyrrole nitrogens is 1. The fourth-order valence-electron chi connectivity index (χ4n) is 4.79. The number of aromatic nitrogens is 3. The quantitative estimate of drug-likeness (QED) is 0.377. The second-order valence-electron chi connectivity index (χ2n) is 10.7. The number of alkyl halides is 3. The molecule has 14 heteroatoms. The molecule has 1 amide bonds. The zero-order valence-electron chi connectivity index (χ0n) is 23.5. The lowest BCUT2D eigenvalue weighted by atomic mass is 10.0. The number of nitrogens with one attached hydrogen (secondary N) is 2.